The lowest BCUT2D eigenvalue weighted by atomic mass is 10.2. The van der Waals surface area contributed by atoms with E-state index in [0.29, 0.717) is 0 Å². The first-order chi connectivity index (χ1) is 4.97. The summed E-state index contributed by atoms with van der Waals surface area (Å²) in [5.41, 5.74) is 1.53. The summed E-state index contributed by atoms with van der Waals surface area (Å²) in [7, 11) is -0.235. The van der Waals surface area contributed by atoms with Crippen LogP contribution in [0.15, 0.2) is 11.4 Å². The number of hydrogen-bond acceptors (Lipinski definition) is 1. The van der Waals surface area contributed by atoms with Gasteiger partial charge in [0.15, 0.2) is 0 Å². The third-order valence-electron chi connectivity index (χ3n) is 1.48. The van der Waals surface area contributed by atoms with Gasteiger partial charge in [0, 0.05) is 0 Å². The van der Waals surface area contributed by atoms with Gasteiger partial charge < -0.3 is 4.52 Å². The van der Waals surface area contributed by atoms with Crippen LogP contribution in [0.5, 0.6) is 0 Å². The smallest absolute Gasteiger partial charge is 0.0645 e. The molecule has 1 nitrogen and oxygen atoms in total. The summed E-state index contributed by atoms with van der Waals surface area (Å²) < 4.78 is 5.86. The van der Waals surface area contributed by atoms with Gasteiger partial charge in [0.1, 0.15) is 0 Å². The minimum absolute atomic E-state index is 0.0345. The molecule has 0 radical (unpaired) electrons. The summed E-state index contributed by atoms with van der Waals surface area (Å²) in [5.74, 6) is 2.31. The highest BCUT2D eigenvalue weighted by Crippen LogP contribution is 2.49. The van der Waals surface area contributed by atoms with Gasteiger partial charge in [0.25, 0.3) is 0 Å². The Bertz CT molecular complexity index is 167. The van der Waals surface area contributed by atoms with E-state index in [9.17, 15) is 0 Å². The Morgan fingerprint density at radius 2 is 2.09 bits per heavy atom. The zero-order valence-corrected chi connectivity index (χ0v) is 8.74. The molecule has 2 heteroatoms. The molecule has 1 heterocycles. The third kappa shape index (κ3) is 3.35. The summed E-state index contributed by atoms with van der Waals surface area (Å²) >= 11 is 0. The van der Waals surface area contributed by atoms with E-state index in [0.717, 1.165) is 0 Å². The minimum atomic E-state index is -0.235. The molecular formula is C9H17OP. The van der Waals surface area contributed by atoms with Crippen LogP contribution < -0.4 is 0 Å². The molecular weight excluding hydrogens is 155 g/mol. The fourth-order valence-electron chi connectivity index (χ4n) is 1.09. The molecule has 1 aliphatic rings. The average Bonchev–Trinajstić information content (AvgIpc) is 2.10. The summed E-state index contributed by atoms with van der Waals surface area (Å²) in [6, 6.07) is 0. The summed E-state index contributed by atoms with van der Waals surface area (Å²) in [6.07, 6.45) is 2.47. The van der Waals surface area contributed by atoms with Gasteiger partial charge >= 0.3 is 0 Å². The first-order valence-corrected chi connectivity index (χ1v) is 5.62. The molecule has 1 atom stereocenters. The normalized spacial score (nSPS) is 25.5. The molecule has 64 valence electrons. The van der Waals surface area contributed by atoms with E-state index in [2.05, 4.69) is 33.5 Å². The first kappa shape index (κ1) is 9.22. The molecule has 1 unspecified atom stereocenters. The van der Waals surface area contributed by atoms with Gasteiger partial charge in [-0.25, -0.2) is 0 Å². The summed E-state index contributed by atoms with van der Waals surface area (Å²) in [5, 5.41) is 0. The van der Waals surface area contributed by atoms with Crippen LogP contribution in [0.1, 0.15) is 34.1 Å². The number of rotatable bonds is 1. The van der Waals surface area contributed by atoms with Gasteiger partial charge in [-0.3, -0.25) is 0 Å². The maximum absolute atomic E-state index is 5.86. The van der Waals surface area contributed by atoms with Crippen LogP contribution in [-0.2, 0) is 4.52 Å². The highest BCUT2D eigenvalue weighted by atomic mass is 31.1. The highest BCUT2D eigenvalue weighted by Gasteiger charge is 2.20. The Morgan fingerprint density at radius 1 is 1.45 bits per heavy atom. The predicted molar refractivity (Wildman–Crippen MR) is 51.0 cm³/mol. The van der Waals surface area contributed by atoms with Crippen molar-refractivity contribution in [2.24, 2.45) is 0 Å². The SMILES string of the molecule is CC1=CP(OC(C)(C)C)CC1. The van der Waals surface area contributed by atoms with E-state index in [1.807, 2.05) is 0 Å². The fourth-order valence-corrected chi connectivity index (χ4v) is 3.26. The molecule has 0 amide bonds. The van der Waals surface area contributed by atoms with Crippen LogP contribution in [0.25, 0.3) is 0 Å². The van der Waals surface area contributed by atoms with Crippen molar-refractivity contribution in [3.63, 3.8) is 0 Å². The molecule has 1 aliphatic heterocycles. The lowest BCUT2D eigenvalue weighted by Crippen LogP contribution is -2.15. The quantitative estimate of drug-likeness (QED) is 0.550. The Labute approximate surface area is 70.7 Å². The van der Waals surface area contributed by atoms with Crippen LogP contribution in [-0.4, -0.2) is 11.8 Å². The van der Waals surface area contributed by atoms with Gasteiger partial charge in [-0.2, -0.15) is 0 Å². The van der Waals surface area contributed by atoms with Crippen molar-refractivity contribution in [3.05, 3.63) is 11.4 Å². The maximum Gasteiger partial charge on any atom is 0.0645 e. The Hall–Kier alpha value is 0.130. The zero-order valence-electron chi connectivity index (χ0n) is 7.85. The van der Waals surface area contributed by atoms with Gasteiger partial charge in [0.2, 0.25) is 0 Å². The molecule has 0 saturated carbocycles. The van der Waals surface area contributed by atoms with Gasteiger partial charge in [-0.1, -0.05) is 5.57 Å². The molecule has 0 fully saturated rings. The molecule has 0 aromatic rings. The first-order valence-electron chi connectivity index (χ1n) is 4.10. The third-order valence-corrected chi connectivity index (χ3v) is 3.66. The lowest BCUT2D eigenvalue weighted by molar-refractivity contribution is 0.153. The summed E-state index contributed by atoms with van der Waals surface area (Å²) in [6.45, 7) is 8.55. The van der Waals surface area contributed by atoms with Crippen molar-refractivity contribution < 1.29 is 4.52 Å². The van der Waals surface area contributed by atoms with Crippen molar-refractivity contribution in [1.29, 1.82) is 0 Å². The molecule has 11 heavy (non-hydrogen) atoms. The molecule has 0 bridgehead atoms. The van der Waals surface area contributed by atoms with Crippen LogP contribution in [0.2, 0.25) is 0 Å². The molecule has 0 saturated heterocycles. The molecule has 0 aliphatic carbocycles. The number of allylic oxidation sites excluding steroid dienone is 1. The lowest BCUT2D eigenvalue weighted by Gasteiger charge is -2.23. The second-order valence-corrected chi connectivity index (χ2v) is 5.79. The topological polar surface area (TPSA) is 9.23 Å². The highest BCUT2D eigenvalue weighted by molar-refractivity contribution is 7.56. The van der Waals surface area contributed by atoms with E-state index in [-0.39, 0.29) is 13.7 Å². The van der Waals surface area contributed by atoms with E-state index >= 15 is 0 Å². The van der Waals surface area contributed by atoms with Crippen molar-refractivity contribution in [2.75, 3.05) is 6.16 Å². The Balaban J connectivity index is 2.40. The average molecular weight is 172 g/mol. The second kappa shape index (κ2) is 3.25. The van der Waals surface area contributed by atoms with E-state index in [1.165, 1.54) is 18.2 Å². The largest absolute Gasteiger partial charge is 0.350 e. The van der Waals surface area contributed by atoms with E-state index in [1.54, 1.807) is 0 Å². The van der Waals surface area contributed by atoms with Crippen LogP contribution in [0.4, 0.5) is 0 Å². The molecule has 0 aromatic heterocycles. The van der Waals surface area contributed by atoms with Gasteiger partial charge in [-0.15, -0.1) is 0 Å². The second-order valence-electron chi connectivity index (χ2n) is 4.07. The van der Waals surface area contributed by atoms with Crippen LogP contribution >= 0.6 is 8.15 Å². The van der Waals surface area contributed by atoms with Crippen molar-refractivity contribution in [2.45, 2.75) is 39.7 Å². The minimum Gasteiger partial charge on any atom is -0.350 e. The van der Waals surface area contributed by atoms with E-state index in [4.69, 9.17) is 4.52 Å². The van der Waals surface area contributed by atoms with Crippen LogP contribution in [0, 0.1) is 0 Å². The summed E-state index contributed by atoms with van der Waals surface area (Å²) in [4.78, 5) is 0. The van der Waals surface area contributed by atoms with Crippen molar-refractivity contribution in [3.8, 4) is 0 Å². The zero-order chi connectivity index (χ0) is 8.48. The van der Waals surface area contributed by atoms with Crippen LogP contribution in [0.3, 0.4) is 0 Å². The molecule has 1 rings (SSSR count). The van der Waals surface area contributed by atoms with Gasteiger partial charge in [-0.05, 0) is 46.1 Å². The molecule has 0 N–H and O–H groups in total. The standard InChI is InChI=1S/C9H17OP/c1-8-5-6-11(7-8)10-9(2,3)4/h7H,5-6H2,1-4H3. The Kier molecular flexibility index (Phi) is 2.72. The number of hydrogen-bond donors (Lipinski definition) is 0. The molecule has 0 aromatic carbocycles. The monoisotopic (exact) mass is 172 g/mol. The Morgan fingerprint density at radius 3 is 2.45 bits per heavy atom. The fraction of sp³-hybridized carbons (Fsp3) is 0.778. The van der Waals surface area contributed by atoms with E-state index < -0.39 is 0 Å². The van der Waals surface area contributed by atoms with Gasteiger partial charge in [0.05, 0.1) is 13.7 Å². The predicted octanol–water partition coefficient (Wildman–Crippen LogP) is 3.51. The van der Waals surface area contributed by atoms with Crippen molar-refractivity contribution >= 4 is 8.15 Å². The van der Waals surface area contributed by atoms with Crippen molar-refractivity contribution in [1.82, 2.24) is 0 Å². The maximum atomic E-state index is 5.86. The molecule has 0 spiro atoms.